The highest BCUT2D eigenvalue weighted by Gasteiger charge is 2.03. The lowest BCUT2D eigenvalue weighted by molar-refractivity contribution is 1.24. The van der Waals surface area contributed by atoms with Gasteiger partial charge >= 0.3 is 0 Å². The van der Waals surface area contributed by atoms with Crippen molar-refractivity contribution in [1.29, 1.82) is 0 Å². The van der Waals surface area contributed by atoms with Gasteiger partial charge in [-0.25, -0.2) is 0 Å². The van der Waals surface area contributed by atoms with Crippen LogP contribution < -0.4 is 4.72 Å². The number of hydrogen-bond acceptors (Lipinski definition) is 2. The summed E-state index contributed by atoms with van der Waals surface area (Å²) in [6.07, 6.45) is 5.87. The van der Waals surface area contributed by atoms with Crippen LogP contribution >= 0.6 is 12.8 Å². The number of nitrogens with one attached hydrogen (secondary N) is 1. The van der Waals surface area contributed by atoms with Gasteiger partial charge in [0.1, 0.15) is 0 Å². The molecule has 19 heavy (non-hydrogen) atoms. The number of thiol groups is 1. The number of rotatable bonds is 3. The molecule has 1 aromatic carbocycles. The van der Waals surface area contributed by atoms with Crippen molar-refractivity contribution < 1.29 is 0 Å². The van der Waals surface area contributed by atoms with Crippen LogP contribution in [-0.4, -0.2) is 0 Å². The largest absolute Gasteiger partial charge is 0.332 e. The summed E-state index contributed by atoms with van der Waals surface area (Å²) in [6, 6.07) is 8.20. The maximum atomic E-state index is 4.03. The van der Waals surface area contributed by atoms with Crippen LogP contribution in [0.2, 0.25) is 0 Å². The average molecular weight is 267 g/mol. The summed E-state index contributed by atoms with van der Waals surface area (Å²) in [4.78, 5) is 0. The first-order chi connectivity index (χ1) is 9.20. The van der Waals surface area contributed by atoms with Gasteiger partial charge in [-0.05, 0) is 35.8 Å². The minimum Gasteiger partial charge on any atom is -0.332 e. The first-order valence-corrected chi connectivity index (χ1v) is 6.67. The molecule has 0 fully saturated rings. The molecule has 1 aliphatic carbocycles. The van der Waals surface area contributed by atoms with Crippen LogP contribution in [0, 0.1) is 11.8 Å². The molecule has 0 heterocycles. The maximum absolute atomic E-state index is 4.03. The zero-order valence-corrected chi connectivity index (χ0v) is 11.9. The number of allylic oxidation sites excluding steroid dienone is 5. The fraction of sp³-hybridized carbons (Fsp3) is 0.176. The lowest BCUT2D eigenvalue weighted by Gasteiger charge is -2.08. The highest BCUT2D eigenvalue weighted by Crippen LogP contribution is 2.23. The SMILES string of the molecule is C=C(C)/C1=C/C=C(/c2ccc(NS)cc2)CC#CC1. The van der Waals surface area contributed by atoms with E-state index in [1.807, 2.05) is 19.1 Å². The molecule has 0 atom stereocenters. The van der Waals surface area contributed by atoms with Crippen molar-refractivity contribution in [3.8, 4) is 11.8 Å². The summed E-state index contributed by atoms with van der Waals surface area (Å²) in [5, 5.41) is 0. The lowest BCUT2D eigenvalue weighted by Crippen LogP contribution is -1.89. The quantitative estimate of drug-likeness (QED) is 0.601. The molecule has 0 aliphatic heterocycles. The van der Waals surface area contributed by atoms with Crippen LogP contribution in [-0.2, 0) is 0 Å². The van der Waals surface area contributed by atoms with Crippen molar-refractivity contribution >= 4 is 24.1 Å². The molecule has 1 aromatic rings. The Kier molecular flexibility index (Phi) is 4.54. The predicted molar refractivity (Wildman–Crippen MR) is 86.9 cm³/mol. The Morgan fingerprint density at radius 1 is 1.16 bits per heavy atom. The van der Waals surface area contributed by atoms with Gasteiger partial charge in [-0.15, -0.1) is 0 Å². The molecule has 0 unspecified atom stereocenters. The Labute approximate surface area is 120 Å². The first-order valence-electron chi connectivity index (χ1n) is 6.22. The Morgan fingerprint density at radius 2 is 1.84 bits per heavy atom. The molecule has 2 rings (SSSR count). The minimum atomic E-state index is 0.785. The predicted octanol–water partition coefficient (Wildman–Crippen LogP) is 4.63. The van der Waals surface area contributed by atoms with E-state index in [0.29, 0.717) is 0 Å². The third-order valence-corrected chi connectivity index (χ3v) is 3.36. The zero-order valence-electron chi connectivity index (χ0n) is 11.0. The molecular weight excluding hydrogens is 250 g/mol. The van der Waals surface area contributed by atoms with Crippen molar-refractivity contribution in [3.05, 3.63) is 59.7 Å². The van der Waals surface area contributed by atoms with Crippen LogP contribution in [0.5, 0.6) is 0 Å². The van der Waals surface area contributed by atoms with E-state index in [1.54, 1.807) is 0 Å². The van der Waals surface area contributed by atoms with Gasteiger partial charge in [0.25, 0.3) is 0 Å². The summed E-state index contributed by atoms with van der Waals surface area (Å²) in [5.41, 5.74) is 5.71. The smallest absolute Gasteiger partial charge is 0.0438 e. The van der Waals surface area contributed by atoms with Gasteiger partial charge in [0.15, 0.2) is 0 Å². The van der Waals surface area contributed by atoms with Crippen molar-refractivity contribution in [2.24, 2.45) is 0 Å². The van der Waals surface area contributed by atoms with E-state index in [2.05, 4.69) is 60.2 Å². The number of hydrogen-bond donors (Lipinski definition) is 2. The third kappa shape index (κ3) is 3.56. The van der Waals surface area contributed by atoms with Crippen LogP contribution in [0.4, 0.5) is 5.69 Å². The van der Waals surface area contributed by atoms with Crippen molar-refractivity contribution in [2.45, 2.75) is 19.8 Å². The monoisotopic (exact) mass is 267 g/mol. The molecule has 0 bridgehead atoms. The summed E-state index contributed by atoms with van der Waals surface area (Å²) >= 11 is 4.03. The number of anilines is 1. The maximum Gasteiger partial charge on any atom is 0.0438 e. The Bertz CT molecular complexity index is 594. The first kappa shape index (κ1) is 13.6. The van der Waals surface area contributed by atoms with E-state index in [4.69, 9.17) is 0 Å². The molecule has 0 amide bonds. The topological polar surface area (TPSA) is 12.0 Å². The van der Waals surface area contributed by atoms with E-state index in [1.165, 1.54) is 16.7 Å². The molecule has 0 saturated carbocycles. The van der Waals surface area contributed by atoms with Crippen molar-refractivity contribution in [2.75, 3.05) is 4.72 Å². The van der Waals surface area contributed by atoms with Gasteiger partial charge in [0.2, 0.25) is 0 Å². The highest BCUT2D eigenvalue weighted by molar-refractivity contribution is 7.81. The molecule has 96 valence electrons. The second-order valence-electron chi connectivity index (χ2n) is 4.56. The van der Waals surface area contributed by atoms with Crippen LogP contribution in [0.15, 0.2) is 54.1 Å². The second-order valence-corrected chi connectivity index (χ2v) is 4.78. The van der Waals surface area contributed by atoms with Gasteiger partial charge < -0.3 is 4.72 Å². The van der Waals surface area contributed by atoms with Crippen LogP contribution in [0.25, 0.3) is 5.57 Å². The zero-order chi connectivity index (χ0) is 13.7. The molecule has 1 N–H and O–H groups in total. The van der Waals surface area contributed by atoms with E-state index in [9.17, 15) is 0 Å². The molecule has 0 saturated heterocycles. The van der Waals surface area contributed by atoms with Crippen LogP contribution in [0.1, 0.15) is 25.3 Å². The molecular formula is C17H17NS. The normalized spacial score (nSPS) is 19.7. The fourth-order valence-corrected chi connectivity index (χ4v) is 2.03. The van der Waals surface area contributed by atoms with Gasteiger partial charge in [-0.3, -0.25) is 0 Å². The van der Waals surface area contributed by atoms with E-state index in [0.717, 1.165) is 24.1 Å². The van der Waals surface area contributed by atoms with Gasteiger partial charge in [0.05, 0.1) is 0 Å². The second kappa shape index (κ2) is 6.36. The average Bonchev–Trinajstić information content (AvgIpc) is 2.38. The standard InChI is InChI=1S/C17H17NS/c1-13(2)14-5-3-4-6-15(8-7-14)16-9-11-17(18-19)12-10-16/h7-12,18-19H,1,5-6H2,2H3/b14-7+,15-8+. The van der Waals surface area contributed by atoms with Gasteiger partial charge in [-0.2, -0.15) is 0 Å². The van der Waals surface area contributed by atoms with Crippen LogP contribution in [0.3, 0.4) is 0 Å². The molecule has 0 radical (unpaired) electrons. The molecule has 0 spiro atoms. The third-order valence-electron chi connectivity index (χ3n) is 3.10. The van der Waals surface area contributed by atoms with E-state index < -0.39 is 0 Å². The number of benzene rings is 1. The van der Waals surface area contributed by atoms with Gasteiger partial charge in [0, 0.05) is 18.5 Å². The lowest BCUT2D eigenvalue weighted by atomic mass is 9.97. The molecule has 0 aromatic heterocycles. The highest BCUT2D eigenvalue weighted by atomic mass is 32.1. The van der Waals surface area contributed by atoms with E-state index >= 15 is 0 Å². The molecule has 1 nitrogen and oxygen atoms in total. The van der Waals surface area contributed by atoms with Gasteiger partial charge in [-0.1, -0.05) is 61.1 Å². The molecule has 2 heteroatoms. The Hall–Kier alpha value is -1.85. The Morgan fingerprint density at radius 3 is 2.47 bits per heavy atom. The Balaban J connectivity index is 2.32. The summed E-state index contributed by atoms with van der Waals surface area (Å²) in [5.74, 6) is 6.41. The van der Waals surface area contributed by atoms with Crippen molar-refractivity contribution in [3.63, 3.8) is 0 Å². The minimum absolute atomic E-state index is 0.785. The van der Waals surface area contributed by atoms with E-state index in [-0.39, 0.29) is 0 Å². The molecule has 1 aliphatic rings. The summed E-state index contributed by atoms with van der Waals surface area (Å²) < 4.78 is 2.82. The summed E-state index contributed by atoms with van der Waals surface area (Å²) in [7, 11) is 0. The van der Waals surface area contributed by atoms with Crippen molar-refractivity contribution in [1.82, 2.24) is 0 Å². The summed E-state index contributed by atoms with van der Waals surface area (Å²) in [6.45, 7) is 6.01. The fourth-order valence-electron chi connectivity index (χ4n) is 1.88.